The first-order chi connectivity index (χ1) is 9.72. The van der Waals surface area contributed by atoms with Gasteiger partial charge in [0.2, 0.25) is 0 Å². The maximum absolute atomic E-state index is 11.4. The minimum absolute atomic E-state index is 0.105. The van der Waals surface area contributed by atoms with Crippen LogP contribution in [0.2, 0.25) is 0 Å². The molecule has 0 aliphatic carbocycles. The second kappa shape index (κ2) is 7.35. The quantitative estimate of drug-likeness (QED) is 0.599. The lowest BCUT2D eigenvalue weighted by molar-refractivity contribution is 0.0475. The van der Waals surface area contributed by atoms with E-state index >= 15 is 0 Å². The zero-order valence-corrected chi connectivity index (χ0v) is 12.8. The number of esters is 1. The predicted molar refractivity (Wildman–Crippen MR) is 78.0 cm³/mol. The average Bonchev–Trinajstić information content (AvgIpc) is 2.95. The van der Waals surface area contributed by atoms with Gasteiger partial charge in [-0.3, -0.25) is 0 Å². The van der Waals surface area contributed by atoms with Crippen LogP contribution in [0.5, 0.6) is 0 Å². The van der Waals surface area contributed by atoms with E-state index in [1.165, 1.54) is 16.7 Å². The fourth-order valence-electron chi connectivity index (χ4n) is 1.41. The van der Waals surface area contributed by atoms with Gasteiger partial charge in [0.15, 0.2) is 0 Å². The number of benzene rings is 1. The second-order valence-corrected chi connectivity index (χ2v) is 5.54. The molecule has 20 heavy (non-hydrogen) atoms. The molecule has 0 unspecified atom stereocenters. The van der Waals surface area contributed by atoms with E-state index in [1.54, 1.807) is 18.7 Å². The molecule has 0 aliphatic heterocycles. The monoisotopic (exact) mass is 310 g/mol. The molecule has 2 aromatic rings. The van der Waals surface area contributed by atoms with Gasteiger partial charge in [0, 0.05) is 10.6 Å². The molecule has 0 atom stereocenters. The van der Waals surface area contributed by atoms with Gasteiger partial charge in [0.25, 0.3) is 5.22 Å². The molecule has 0 aliphatic rings. The van der Waals surface area contributed by atoms with Crippen LogP contribution in [0.1, 0.15) is 23.2 Å². The van der Waals surface area contributed by atoms with E-state index in [0.29, 0.717) is 11.0 Å². The summed E-state index contributed by atoms with van der Waals surface area (Å²) < 4.78 is 10.0. The standard InChI is InChI=1S/C13H14N2O3S2/c1-3-17-12(16)11-14-15-13(18-11)20-8-9-4-6-10(19-2)7-5-9/h4-7H,3,8H2,1-2H3. The lowest BCUT2D eigenvalue weighted by Gasteiger charge is -2.00. The van der Waals surface area contributed by atoms with Gasteiger partial charge in [-0.25, -0.2) is 4.79 Å². The van der Waals surface area contributed by atoms with Crippen LogP contribution in [-0.2, 0) is 10.5 Å². The fourth-order valence-corrected chi connectivity index (χ4v) is 2.54. The van der Waals surface area contributed by atoms with Crippen molar-refractivity contribution in [2.75, 3.05) is 12.9 Å². The van der Waals surface area contributed by atoms with Crippen LogP contribution in [0.25, 0.3) is 0 Å². The van der Waals surface area contributed by atoms with E-state index in [9.17, 15) is 4.79 Å². The van der Waals surface area contributed by atoms with E-state index in [0.717, 1.165) is 5.56 Å². The Morgan fingerprint density at radius 1 is 1.30 bits per heavy atom. The minimum Gasteiger partial charge on any atom is -0.459 e. The Morgan fingerprint density at radius 2 is 2.05 bits per heavy atom. The number of hydrogen-bond donors (Lipinski definition) is 0. The van der Waals surface area contributed by atoms with Crippen LogP contribution in [0, 0.1) is 0 Å². The SMILES string of the molecule is CCOC(=O)c1nnc(SCc2ccc(SC)cc2)o1. The molecule has 2 rings (SSSR count). The van der Waals surface area contributed by atoms with E-state index in [1.807, 2.05) is 6.26 Å². The average molecular weight is 310 g/mol. The smallest absolute Gasteiger partial charge is 0.396 e. The van der Waals surface area contributed by atoms with Gasteiger partial charge in [-0.1, -0.05) is 29.0 Å². The molecular weight excluding hydrogens is 296 g/mol. The lowest BCUT2D eigenvalue weighted by atomic mass is 10.2. The van der Waals surface area contributed by atoms with Crippen molar-refractivity contribution in [1.29, 1.82) is 0 Å². The van der Waals surface area contributed by atoms with Crippen LogP contribution >= 0.6 is 23.5 Å². The number of thioether (sulfide) groups is 2. The molecule has 106 valence electrons. The molecule has 0 spiro atoms. The van der Waals surface area contributed by atoms with Crippen LogP contribution < -0.4 is 0 Å². The number of nitrogens with zero attached hydrogens (tertiary/aromatic N) is 2. The molecule has 1 heterocycles. The Balaban J connectivity index is 1.91. The van der Waals surface area contributed by atoms with Crippen LogP contribution in [-0.4, -0.2) is 29.0 Å². The van der Waals surface area contributed by atoms with Gasteiger partial charge >= 0.3 is 11.9 Å². The van der Waals surface area contributed by atoms with Crippen molar-refractivity contribution >= 4 is 29.5 Å². The topological polar surface area (TPSA) is 65.2 Å². The van der Waals surface area contributed by atoms with Gasteiger partial charge in [-0.2, -0.15) is 0 Å². The molecule has 0 N–H and O–H groups in total. The molecule has 0 amide bonds. The first-order valence-electron chi connectivity index (χ1n) is 5.99. The van der Waals surface area contributed by atoms with Crippen molar-refractivity contribution in [1.82, 2.24) is 10.2 Å². The maximum atomic E-state index is 11.4. The number of carbonyl (C=O) groups excluding carboxylic acids is 1. The molecule has 7 heteroatoms. The largest absolute Gasteiger partial charge is 0.459 e. The minimum atomic E-state index is -0.587. The Bertz CT molecular complexity index is 569. The third kappa shape index (κ3) is 4.01. The van der Waals surface area contributed by atoms with Crippen molar-refractivity contribution in [2.45, 2.75) is 22.8 Å². The number of rotatable bonds is 6. The Hall–Kier alpha value is -1.47. The zero-order valence-electron chi connectivity index (χ0n) is 11.2. The zero-order chi connectivity index (χ0) is 14.4. The Kier molecular flexibility index (Phi) is 5.49. The third-order valence-electron chi connectivity index (χ3n) is 2.38. The molecule has 0 bridgehead atoms. The molecular formula is C13H14N2O3S2. The van der Waals surface area contributed by atoms with Crippen LogP contribution in [0.4, 0.5) is 0 Å². The van der Waals surface area contributed by atoms with Crippen molar-refractivity contribution in [3.05, 3.63) is 35.7 Å². The number of ether oxygens (including phenoxy) is 1. The summed E-state index contributed by atoms with van der Waals surface area (Å²) in [5.74, 6) is 0.0160. The molecule has 1 aromatic carbocycles. The molecule has 0 saturated heterocycles. The molecule has 0 radical (unpaired) electrons. The van der Waals surface area contributed by atoms with Gasteiger partial charge in [0.1, 0.15) is 0 Å². The molecule has 1 aromatic heterocycles. The van der Waals surface area contributed by atoms with E-state index in [-0.39, 0.29) is 12.5 Å². The van der Waals surface area contributed by atoms with E-state index < -0.39 is 5.97 Å². The highest BCUT2D eigenvalue weighted by molar-refractivity contribution is 7.98. The number of carbonyl (C=O) groups is 1. The highest BCUT2D eigenvalue weighted by Gasteiger charge is 2.15. The first-order valence-corrected chi connectivity index (χ1v) is 8.20. The number of aromatic nitrogens is 2. The van der Waals surface area contributed by atoms with Crippen molar-refractivity contribution in [3.63, 3.8) is 0 Å². The Labute approximate surface area is 125 Å². The summed E-state index contributed by atoms with van der Waals surface area (Å²) in [5, 5.41) is 7.83. The number of hydrogen-bond acceptors (Lipinski definition) is 7. The molecule has 0 fully saturated rings. The highest BCUT2D eigenvalue weighted by atomic mass is 32.2. The molecule has 5 nitrogen and oxygen atoms in total. The van der Waals surface area contributed by atoms with Crippen LogP contribution in [0.15, 0.2) is 38.8 Å². The Morgan fingerprint density at radius 3 is 2.70 bits per heavy atom. The van der Waals surface area contributed by atoms with Gasteiger partial charge in [-0.05, 0) is 30.9 Å². The highest BCUT2D eigenvalue weighted by Crippen LogP contribution is 2.23. The van der Waals surface area contributed by atoms with Gasteiger partial charge < -0.3 is 9.15 Å². The second-order valence-electron chi connectivity index (χ2n) is 3.73. The lowest BCUT2D eigenvalue weighted by Crippen LogP contribution is -2.04. The summed E-state index contributed by atoms with van der Waals surface area (Å²) in [6, 6.07) is 8.25. The predicted octanol–water partition coefficient (Wildman–Crippen LogP) is 3.26. The third-order valence-corrected chi connectivity index (χ3v) is 4.01. The van der Waals surface area contributed by atoms with Gasteiger partial charge in [0.05, 0.1) is 6.61 Å². The summed E-state index contributed by atoms with van der Waals surface area (Å²) in [4.78, 5) is 12.6. The normalized spacial score (nSPS) is 10.5. The summed E-state index contributed by atoms with van der Waals surface area (Å²) >= 11 is 3.09. The van der Waals surface area contributed by atoms with E-state index in [2.05, 4.69) is 34.5 Å². The molecule has 0 saturated carbocycles. The summed E-state index contributed by atoms with van der Waals surface area (Å²) in [5.41, 5.74) is 1.16. The van der Waals surface area contributed by atoms with Crippen molar-refractivity contribution < 1.29 is 13.9 Å². The maximum Gasteiger partial charge on any atom is 0.396 e. The van der Waals surface area contributed by atoms with Crippen molar-refractivity contribution in [2.24, 2.45) is 0 Å². The summed E-state index contributed by atoms with van der Waals surface area (Å²) in [7, 11) is 0. The van der Waals surface area contributed by atoms with E-state index in [4.69, 9.17) is 9.15 Å². The fraction of sp³-hybridized carbons (Fsp3) is 0.308. The van der Waals surface area contributed by atoms with Crippen molar-refractivity contribution in [3.8, 4) is 0 Å². The summed E-state index contributed by atoms with van der Waals surface area (Å²) in [6.45, 7) is 2.01. The summed E-state index contributed by atoms with van der Waals surface area (Å²) in [6.07, 6.45) is 2.04. The van der Waals surface area contributed by atoms with Gasteiger partial charge in [-0.15, -0.1) is 16.9 Å². The first kappa shape index (κ1) is 14.9. The van der Waals surface area contributed by atoms with Crippen LogP contribution in [0.3, 0.4) is 0 Å².